The molecule has 0 heterocycles. The highest BCUT2D eigenvalue weighted by atomic mass is 79.9. The molecule has 2 rings (SSSR count). The zero-order chi connectivity index (χ0) is 15.6. The second-order valence-electron chi connectivity index (χ2n) is 5.41. The highest BCUT2D eigenvalue weighted by Gasteiger charge is 2.10. The van der Waals surface area contributed by atoms with Crippen molar-refractivity contribution in [2.75, 3.05) is 0 Å². The van der Waals surface area contributed by atoms with Gasteiger partial charge in [-0.3, -0.25) is 0 Å². The van der Waals surface area contributed by atoms with Crippen molar-refractivity contribution in [1.82, 2.24) is 0 Å². The molecule has 112 valence electrons. The lowest BCUT2D eigenvalue weighted by atomic mass is 10.1. The summed E-state index contributed by atoms with van der Waals surface area (Å²) < 4.78 is 7.04. The second kappa shape index (κ2) is 6.82. The van der Waals surface area contributed by atoms with Gasteiger partial charge in [-0.25, -0.2) is 0 Å². The van der Waals surface area contributed by atoms with Crippen LogP contribution in [0.25, 0.3) is 0 Å². The van der Waals surface area contributed by atoms with Gasteiger partial charge in [-0.1, -0.05) is 33.6 Å². The molecule has 0 aliphatic heterocycles. The summed E-state index contributed by atoms with van der Waals surface area (Å²) in [4.78, 5) is 0. The molecule has 1 atom stereocenters. The van der Waals surface area contributed by atoms with Crippen LogP contribution < -0.4 is 10.5 Å². The highest BCUT2D eigenvalue weighted by Crippen LogP contribution is 2.32. The van der Waals surface area contributed by atoms with Crippen LogP contribution in [0, 0.1) is 13.8 Å². The van der Waals surface area contributed by atoms with E-state index >= 15 is 0 Å². The predicted molar refractivity (Wildman–Crippen MR) is 92.5 cm³/mol. The molecular formula is C17H19BrClNO. The number of halogens is 2. The first-order valence-corrected chi connectivity index (χ1v) is 8.02. The average molecular weight is 369 g/mol. The van der Waals surface area contributed by atoms with Crippen molar-refractivity contribution in [3.05, 3.63) is 56.5 Å². The Kier molecular flexibility index (Phi) is 5.31. The first kappa shape index (κ1) is 16.3. The summed E-state index contributed by atoms with van der Waals surface area (Å²) in [6.45, 7) is 5.94. The van der Waals surface area contributed by atoms with Crippen molar-refractivity contribution >= 4 is 27.5 Å². The van der Waals surface area contributed by atoms with E-state index in [1.54, 1.807) is 0 Å². The van der Waals surface area contributed by atoms with Crippen molar-refractivity contribution in [2.45, 2.75) is 33.2 Å². The third-order valence-electron chi connectivity index (χ3n) is 3.21. The molecule has 0 saturated carbocycles. The van der Waals surface area contributed by atoms with Gasteiger partial charge in [-0.05, 0) is 68.1 Å². The Labute approximate surface area is 139 Å². The Balaban J connectivity index is 2.36. The third kappa shape index (κ3) is 4.22. The van der Waals surface area contributed by atoms with Gasteiger partial charge in [0, 0.05) is 15.5 Å². The molecule has 0 aliphatic carbocycles. The predicted octanol–water partition coefficient (Wildman–Crippen LogP) is 5.40. The monoisotopic (exact) mass is 367 g/mol. The summed E-state index contributed by atoms with van der Waals surface area (Å²) in [5.74, 6) is 1.61. The Hall–Kier alpha value is -1.03. The molecule has 0 aromatic heterocycles. The summed E-state index contributed by atoms with van der Waals surface area (Å²) in [6, 6.07) is 10.00. The molecule has 2 N–H and O–H groups in total. The van der Waals surface area contributed by atoms with Gasteiger partial charge in [0.05, 0.1) is 0 Å². The van der Waals surface area contributed by atoms with Crippen molar-refractivity contribution in [3.8, 4) is 11.5 Å². The fourth-order valence-electron chi connectivity index (χ4n) is 2.23. The summed E-state index contributed by atoms with van der Waals surface area (Å²) >= 11 is 9.68. The topological polar surface area (TPSA) is 35.2 Å². The molecule has 1 unspecified atom stereocenters. The van der Waals surface area contributed by atoms with Gasteiger partial charge in [-0.2, -0.15) is 0 Å². The number of hydrogen-bond donors (Lipinski definition) is 1. The number of benzene rings is 2. The van der Waals surface area contributed by atoms with E-state index in [1.807, 2.05) is 51.1 Å². The van der Waals surface area contributed by atoms with Gasteiger partial charge in [-0.15, -0.1) is 0 Å². The Morgan fingerprint density at radius 2 is 1.81 bits per heavy atom. The van der Waals surface area contributed by atoms with E-state index in [9.17, 15) is 0 Å². The summed E-state index contributed by atoms with van der Waals surface area (Å²) in [7, 11) is 0. The molecule has 0 fully saturated rings. The fourth-order valence-corrected chi connectivity index (χ4v) is 2.68. The van der Waals surface area contributed by atoms with E-state index in [2.05, 4.69) is 15.9 Å². The van der Waals surface area contributed by atoms with Crippen LogP contribution in [0.4, 0.5) is 0 Å². The first-order valence-electron chi connectivity index (χ1n) is 6.85. The van der Waals surface area contributed by atoms with Crippen LogP contribution in [0.1, 0.15) is 23.6 Å². The zero-order valence-electron chi connectivity index (χ0n) is 12.4. The van der Waals surface area contributed by atoms with Crippen LogP contribution in [0.15, 0.2) is 34.8 Å². The van der Waals surface area contributed by atoms with Gasteiger partial charge in [0.15, 0.2) is 0 Å². The van der Waals surface area contributed by atoms with Gasteiger partial charge in [0.2, 0.25) is 0 Å². The minimum absolute atomic E-state index is 0.0854. The van der Waals surface area contributed by atoms with E-state index in [0.717, 1.165) is 44.1 Å². The molecule has 0 aliphatic rings. The van der Waals surface area contributed by atoms with Crippen molar-refractivity contribution in [3.63, 3.8) is 0 Å². The lowest BCUT2D eigenvalue weighted by Crippen LogP contribution is -2.18. The molecule has 0 spiro atoms. The first-order chi connectivity index (χ1) is 9.86. The van der Waals surface area contributed by atoms with Gasteiger partial charge >= 0.3 is 0 Å². The maximum absolute atomic E-state index is 6.20. The quantitative estimate of drug-likeness (QED) is 0.784. The van der Waals surface area contributed by atoms with Crippen LogP contribution in [0.5, 0.6) is 11.5 Å². The standard InChI is InChI=1S/C17H19BrClNO/c1-10-6-15(7-11(2)17(10)19)21-16-9-14(18)5-4-13(16)8-12(3)20/h4-7,9,12H,8,20H2,1-3H3. The minimum Gasteiger partial charge on any atom is -0.457 e. The van der Waals surface area contributed by atoms with Crippen molar-refractivity contribution in [2.24, 2.45) is 5.73 Å². The molecule has 2 nitrogen and oxygen atoms in total. The lowest BCUT2D eigenvalue weighted by molar-refractivity contribution is 0.472. The smallest absolute Gasteiger partial charge is 0.131 e. The largest absolute Gasteiger partial charge is 0.457 e. The molecule has 0 saturated heterocycles. The number of ether oxygens (including phenoxy) is 1. The van der Waals surface area contributed by atoms with Crippen LogP contribution in [-0.4, -0.2) is 6.04 Å². The van der Waals surface area contributed by atoms with Gasteiger partial charge in [0.25, 0.3) is 0 Å². The molecule has 4 heteroatoms. The maximum Gasteiger partial charge on any atom is 0.131 e. The minimum atomic E-state index is 0.0854. The van der Waals surface area contributed by atoms with Crippen molar-refractivity contribution in [1.29, 1.82) is 0 Å². The van der Waals surface area contributed by atoms with Crippen LogP contribution in [0.3, 0.4) is 0 Å². The Morgan fingerprint density at radius 1 is 1.19 bits per heavy atom. The Morgan fingerprint density at radius 3 is 2.38 bits per heavy atom. The maximum atomic E-state index is 6.20. The van der Waals surface area contributed by atoms with Crippen molar-refractivity contribution < 1.29 is 4.74 Å². The SMILES string of the molecule is Cc1cc(Oc2cc(Br)ccc2CC(C)N)cc(C)c1Cl. The number of hydrogen-bond acceptors (Lipinski definition) is 2. The lowest BCUT2D eigenvalue weighted by Gasteiger charge is -2.15. The molecule has 0 bridgehead atoms. The third-order valence-corrected chi connectivity index (χ3v) is 4.30. The summed E-state index contributed by atoms with van der Waals surface area (Å²) in [6.07, 6.45) is 0.772. The summed E-state index contributed by atoms with van der Waals surface area (Å²) in [5, 5.41) is 0.785. The van der Waals surface area contributed by atoms with Crippen LogP contribution >= 0.6 is 27.5 Å². The molecule has 0 amide bonds. The Bertz CT molecular complexity index is 632. The second-order valence-corrected chi connectivity index (χ2v) is 6.70. The number of nitrogens with two attached hydrogens (primary N) is 1. The molecule has 2 aromatic rings. The normalized spacial score (nSPS) is 12.3. The summed E-state index contributed by atoms with van der Waals surface area (Å²) in [5.41, 5.74) is 9.02. The van der Waals surface area contributed by atoms with Gasteiger partial charge in [0.1, 0.15) is 11.5 Å². The molecule has 2 aromatic carbocycles. The van der Waals surface area contributed by atoms with E-state index in [4.69, 9.17) is 22.1 Å². The number of aryl methyl sites for hydroxylation is 2. The zero-order valence-corrected chi connectivity index (χ0v) is 14.8. The average Bonchev–Trinajstić information content (AvgIpc) is 2.38. The van der Waals surface area contributed by atoms with Gasteiger partial charge < -0.3 is 10.5 Å². The molecule has 21 heavy (non-hydrogen) atoms. The van der Waals surface area contributed by atoms with E-state index in [0.29, 0.717) is 0 Å². The van der Waals surface area contributed by atoms with E-state index < -0.39 is 0 Å². The molecular weight excluding hydrogens is 350 g/mol. The highest BCUT2D eigenvalue weighted by molar-refractivity contribution is 9.10. The van der Waals surface area contributed by atoms with Crippen LogP contribution in [-0.2, 0) is 6.42 Å². The molecule has 0 radical (unpaired) electrons. The van der Waals surface area contributed by atoms with E-state index in [-0.39, 0.29) is 6.04 Å². The van der Waals surface area contributed by atoms with E-state index in [1.165, 1.54) is 0 Å². The number of rotatable bonds is 4. The fraction of sp³-hybridized carbons (Fsp3) is 0.294. The van der Waals surface area contributed by atoms with Crippen LogP contribution in [0.2, 0.25) is 5.02 Å².